The topological polar surface area (TPSA) is 123 Å². The monoisotopic (exact) mass is 489 g/mol. The molecule has 0 aliphatic carbocycles. The Morgan fingerprint density at radius 2 is 1.37 bits per heavy atom. The Balaban J connectivity index is 5.09. The highest BCUT2D eigenvalue weighted by atomic mass is 35.6. The van der Waals surface area contributed by atoms with E-state index in [0.29, 0.717) is 0 Å². The Kier molecular flexibility index (Phi) is 11.2. The molecular formula is C18H30Cl3N3O6. The number of esters is 1. The maximum atomic E-state index is 12.6. The summed E-state index contributed by atoms with van der Waals surface area (Å²) in [7, 11) is 1.20. The van der Waals surface area contributed by atoms with E-state index < -0.39 is 51.4 Å². The predicted molar refractivity (Wildman–Crippen MR) is 114 cm³/mol. The first-order valence-corrected chi connectivity index (χ1v) is 10.4. The molecule has 0 saturated heterocycles. The number of methoxy groups -OCH3 is 1. The quantitative estimate of drug-likeness (QED) is 0.337. The molecule has 174 valence electrons. The summed E-state index contributed by atoms with van der Waals surface area (Å²) in [6.07, 6.45) is -0.689. The van der Waals surface area contributed by atoms with E-state index in [-0.39, 0.29) is 12.3 Å². The fraction of sp³-hybridized carbons (Fsp3) is 0.778. The van der Waals surface area contributed by atoms with E-state index in [4.69, 9.17) is 39.5 Å². The zero-order valence-corrected chi connectivity index (χ0v) is 20.4. The number of carbonyl (C=O) groups is 4. The lowest BCUT2D eigenvalue weighted by Crippen LogP contribution is -2.55. The van der Waals surface area contributed by atoms with Crippen LogP contribution in [0.4, 0.5) is 4.79 Å². The van der Waals surface area contributed by atoms with Gasteiger partial charge in [0.05, 0.1) is 7.11 Å². The molecule has 0 heterocycles. The first kappa shape index (κ1) is 28.5. The third-order valence-electron chi connectivity index (χ3n) is 4.01. The highest BCUT2D eigenvalue weighted by molar-refractivity contribution is 6.68. The molecular weight excluding hydrogens is 461 g/mol. The molecule has 0 aliphatic heterocycles. The summed E-state index contributed by atoms with van der Waals surface area (Å²) >= 11 is 17.4. The van der Waals surface area contributed by atoms with Crippen molar-refractivity contribution in [2.24, 2.45) is 5.92 Å². The Labute approximate surface area is 191 Å². The maximum Gasteiger partial charge on any atom is 0.408 e. The van der Waals surface area contributed by atoms with E-state index in [1.165, 1.54) is 34.8 Å². The molecule has 0 saturated carbocycles. The van der Waals surface area contributed by atoms with Gasteiger partial charge in [-0.2, -0.15) is 0 Å². The van der Waals surface area contributed by atoms with Crippen molar-refractivity contribution >= 4 is 58.7 Å². The van der Waals surface area contributed by atoms with Gasteiger partial charge < -0.3 is 25.4 Å². The van der Waals surface area contributed by atoms with Crippen molar-refractivity contribution in [3.63, 3.8) is 0 Å². The Morgan fingerprint density at radius 1 is 0.867 bits per heavy atom. The lowest BCUT2D eigenvalue weighted by molar-refractivity contribution is -0.144. The molecule has 0 aromatic rings. The van der Waals surface area contributed by atoms with Crippen molar-refractivity contribution in [2.75, 3.05) is 7.11 Å². The predicted octanol–water partition coefficient (Wildman–Crippen LogP) is 2.46. The molecule has 0 radical (unpaired) electrons. The van der Waals surface area contributed by atoms with Crippen molar-refractivity contribution in [1.29, 1.82) is 0 Å². The molecule has 0 fully saturated rings. The molecule has 3 atom stereocenters. The van der Waals surface area contributed by atoms with E-state index >= 15 is 0 Å². The number of halogens is 3. The number of ether oxygens (including phenoxy) is 2. The van der Waals surface area contributed by atoms with Gasteiger partial charge in [-0.1, -0.05) is 48.7 Å². The van der Waals surface area contributed by atoms with Gasteiger partial charge in [0.15, 0.2) is 5.60 Å². The van der Waals surface area contributed by atoms with Gasteiger partial charge in [0.2, 0.25) is 15.6 Å². The van der Waals surface area contributed by atoms with Gasteiger partial charge in [0.1, 0.15) is 18.1 Å². The number of alkyl carbamates (subject to hydrolysis) is 1. The second kappa shape index (κ2) is 11.8. The SMILES string of the molecule is COC(=O)[C@H](C)NC(=O)[C@H](C)NC(=O)[C@@H](CC(C)C)NC(=O)OC(C)(C)C(Cl)(Cl)Cl. The normalized spacial score (nSPS) is 14.9. The van der Waals surface area contributed by atoms with Crippen LogP contribution in [0.2, 0.25) is 0 Å². The molecule has 0 aliphatic rings. The summed E-state index contributed by atoms with van der Waals surface area (Å²) in [5, 5.41) is 7.35. The number of hydrogen-bond donors (Lipinski definition) is 3. The molecule has 0 aromatic carbocycles. The van der Waals surface area contributed by atoms with Crippen LogP contribution in [0, 0.1) is 5.92 Å². The average molecular weight is 491 g/mol. The Hall–Kier alpha value is -1.45. The van der Waals surface area contributed by atoms with E-state index in [0.717, 1.165) is 0 Å². The van der Waals surface area contributed by atoms with Crippen LogP contribution in [-0.4, -0.2) is 58.5 Å². The van der Waals surface area contributed by atoms with Gasteiger partial charge in [-0.25, -0.2) is 9.59 Å². The van der Waals surface area contributed by atoms with Crippen molar-refractivity contribution in [3.05, 3.63) is 0 Å². The highest BCUT2D eigenvalue weighted by Gasteiger charge is 2.44. The van der Waals surface area contributed by atoms with Gasteiger partial charge >= 0.3 is 12.1 Å². The number of hydrogen-bond acceptors (Lipinski definition) is 6. The van der Waals surface area contributed by atoms with Crippen molar-refractivity contribution in [2.45, 2.75) is 75.5 Å². The van der Waals surface area contributed by atoms with Crippen LogP contribution < -0.4 is 16.0 Å². The van der Waals surface area contributed by atoms with E-state index in [2.05, 4.69) is 20.7 Å². The number of amides is 3. The molecule has 0 rings (SSSR count). The smallest absolute Gasteiger partial charge is 0.408 e. The fourth-order valence-corrected chi connectivity index (χ4v) is 2.23. The van der Waals surface area contributed by atoms with Crippen LogP contribution in [0.5, 0.6) is 0 Å². The summed E-state index contributed by atoms with van der Waals surface area (Å²) in [5.74, 6) is -1.79. The second-order valence-corrected chi connectivity index (χ2v) is 9.99. The zero-order chi connectivity index (χ0) is 23.9. The molecule has 0 bridgehead atoms. The average Bonchev–Trinajstić information content (AvgIpc) is 2.58. The highest BCUT2D eigenvalue weighted by Crippen LogP contribution is 2.40. The number of carbonyl (C=O) groups excluding carboxylic acids is 4. The number of nitrogens with one attached hydrogen (secondary N) is 3. The number of alkyl halides is 3. The molecule has 3 amide bonds. The largest absolute Gasteiger partial charge is 0.467 e. The Morgan fingerprint density at radius 3 is 1.80 bits per heavy atom. The molecule has 30 heavy (non-hydrogen) atoms. The molecule has 0 unspecified atom stereocenters. The zero-order valence-electron chi connectivity index (χ0n) is 18.1. The van der Waals surface area contributed by atoms with E-state index in [9.17, 15) is 19.2 Å². The Bertz CT molecular complexity index is 637. The minimum absolute atomic E-state index is 0.0331. The van der Waals surface area contributed by atoms with Gasteiger partial charge in [-0.3, -0.25) is 9.59 Å². The van der Waals surface area contributed by atoms with E-state index in [1.807, 2.05) is 13.8 Å². The fourth-order valence-electron chi connectivity index (χ4n) is 2.12. The van der Waals surface area contributed by atoms with Crippen LogP contribution in [0.15, 0.2) is 0 Å². The molecule has 0 spiro atoms. The summed E-state index contributed by atoms with van der Waals surface area (Å²) in [5.41, 5.74) is -1.46. The van der Waals surface area contributed by atoms with Crippen LogP contribution in [0.3, 0.4) is 0 Å². The van der Waals surface area contributed by atoms with Crippen molar-refractivity contribution in [1.82, 2.24) is 16.0 Å². The van der Waals surface area contributed by atoms with Crippen LogP contribution >= 0.6 is 34.8 Å². The van der Waals surface area contributed by atoms with Crippen LogP contribution in [0.1, 0.15) is 48.0 Å². The standard InChI is InChI=1S/C18H30Cl3N3O6/c1-9(2)8-12(24-16(28)30-17(5,6)18(19,20)21)14(26)22-10(3)13(25)23-11(4)15(27)29-7/h9-12H,8H2,1-7H3,(H,22,26)(H,23,25)(H,24,28)/t10-,11-,12+/m0/s1. The summed E-state index contributed by atoms with van der Waals surface area (Å²) < 4.78 is 7.80. The van der Waals surface area contributed by atoms with Crippen molar-refractivity contribution in [3.8, 4) is 0 Å². The van der Waals surface area contributed by atoms with Crippen LogP contribution in [0.25, 0.3) is 0 Å². The first-order valence-electron chi connectivity index (χ1n) is 9.26. The minimum atomic E-state index is -1.89. The van der Waals surface area contributed by atoms with Gasteiger partial charge in [0, 0.05) is 0 Å². The van der Waals surface area contributed by atoms with Crippen molar-refractivity contribution < 1.29 is 28.7 Å². The minimum Gasteiger partial charge on any atom is -0.467 e. The second-order valence-electron chi connectivity index (χ2n) is 7.71. The lowest BCUT2D eigenvalue weighted by atomic mass is 10.0. The van der Waals surface area contributed by atoms with Gasteiger partial charge in [-0.05, 0) is 40.0 Å². The summed E-state index contributed by atoms with van der Waals surface area (Å²) in [6.45, 7) is 9.41. The molecule has 12 heteroatoms. The summed E-state index contributed by atoms with van der Waals surface area (Å²) in [4.78, 5) is 48.5. The van der Waals surface area contributed by atoms with E-state index in [1.54, 1.807) is 0 Å². The van der Waals surface area contributed by atoms with Gasteiger partial charge in [0.25, 0.3) is 0 Å². The molecule has 9 nitrogen and oxygen atoms in total. The third-order valence-corrected chi connectivity index (χ3v) is 5.38. The van der Waals surface area contributed by atoms with Crippen LogP contribution in [-0.2, 0) is 23.9 Å². The summed E-state index contributed by atoms with van der Waals surface area (Å²) in [6, 6.07) is -2.86. The number of rotatable bonds is 9. The van der Waals surface area contributed by atoms with Gasteiger partial charge in [-0.15, -0.1) is 0 Å². The lowest BCUT2D eigenvalue weighted by Gasteiger charge is -2.32. The molecule has 0 aromatic heterocycles. The molecule has 3 N–H and O–H groups in total. The maximum absolute atomic E-state index is 12.6. The third kappa shape index (κ3) is 9.57. The first-order chi connectivity index (χ1) is 13.5.